The van der Waals surface area contributed by atoms with Gasteiger partial charge in [0.1, 0.15) is 6.04 Å². The number of hydrogen-bond acceptors (Lipinski definition) is 4. The van der Waals surface area contributed by atoms with E-state index in [1.165, 1.54) is 6.42 Å². The highest BCUT2D eigenvalue weighted by Gasteiger charge is 2.27. The second-order valence-electron chi connectivity index (χ2n) is 5.81. The summed E-state index contributed by atoms with van der Waals surface area (Å²) in [5.74, 6) is -0.186. The zero-order chi connectivity index (χ0) is 16.3. The monoisotopic (exact) mass is 307 g/mol. The second kappa shape index (κ2) is 6.72. The number of amides is 1. The summed E-state index contributed by atoms with van der Waals surface area (Å²) >= 11 is 0. The van der Waals surface area contributed by atoms with Gasteiger partial charge in [-0.3, -0.25) is 24.3 Å². The second-order valence-corrected chi connectivity index (χ2v) is 5.81. The maximum atomic E-state index is 12.6. The molecule has 2 rings (SSSR count). The van der Waals surface area contributed by atoms with Gasteiger partial charge in [0.2, 0.25) is 5.91 Å². The minimum absolute atomic E-state index is 0.186. The van der Waals surface area contributed by atoms with Crippen molar-refractivity contribution in [1.29, 1.82) is 0 Å². The third kappa shape index (κ3) is 3.35. The lowest BCUT2D eigenvalue weighted by atomic mass is 9.94. The van der Waals surface area contributed by atoms with Gasteiger partial charge in [-0.05, 0) is 19.8 Å². The highest BCUT2D eigenvalue weighted by atomic mass is 16.6. The number of likely N-dealkylation sites (N-methyl/N-ethyl adjacent to an activating group) is 1. The average molecular weight is 307 g/mol. The fourth-order valence-corrected chi connectivity index (χ4v) is 2.96. The van der Waals surface area contributed by atoms with Gasteiger partial charge in [-0.1, -0.05) is 19.3 Å². The molecule has 7 nitrogen and oxygen atoms in total. The molecule has 0 bridgehead atoms. The molecule has 0 aliphatic heterocycles. The van der Waals surface area contributed by atoms with Gasteiger partial charge in [-0.2, -0.15) is 0 Å². The molecule has 0 aromatic carbocycles. The van der Waals surface area contributed by atoms with Crippen LogP contribution in [0.5, 0.6) is 0 Å². The van der Waals surface area contributed by atoms with Crippen LogP contribution < -0.4 is 5.56 Å². The van der Waals surface area contributed by atoms with Crippen molar-refractivity contribution in [3.8, 4) is 0 Å². The van der Waals surface area contributed by atoms with Gasteiger partial charge < -0.3 is 4.90 Å². The van der Waals surface area contributed by atoms with Crippen molar-refractivity contribution in [1.82, 2.24) is 9.47 Å². The van der Waals surface area contributed by atoms with Gasteiger partial charge in [0.05, 0.1) is 11.1 Å². The molecule has 120 valence electrons. The predicted octanol–water partition coefficient (Wildman–Crippen LogP) is 2.11. The molecule has 22 heavy (non-hydrogen) atoms. The van der Waals surface area contributed by atoms with Gasteiger partial charge in [-0.25, -0.2) is 0 Å². The van der Waals surface area contributed by atoms with Crippen LogP contribution in [0.2, 0.25) is 0 Å². The number of nitrogens with zero attached hydrogens (tertiary/aromatic N) is 3. The van der Waals surface area contributed by atoms with Crippen LogP contribution in [-0.4, -0.2) is 33.4 Å². The van der Waals surface area contributed by atoms with E-state index in [0.717, 1.165) is 48.6 Å². The lowest BCUT2D eigenvalue weighted by Gasteiger charge is -2.33. The van der Waals surface area contributed by atoms with Crippen LogP contribution in [0.4, 0.5) is 5.69 Å². The molecule has 1 amide bonds. The molecule has 1 aliphatic carbocycles. The van der Waals surface area contributed by atoms with E-state index in [2.05, 4.69) is 0 Å². The van der Waals surface area contributed by atoms with Crippen molar-refractivity contribution < 1.29 is 9.72 Å². The Balaban J connectivity index is 2.21. The molecule has 1 aromatic rings. The van der Waals surface area contributed by atoms with Gasteiger partial charge in [0.25, 0.3) is 11.2 Å². The van der Waals surface area contributed by atoms with Crippen LogP contribution in [-0.2, 0) is 4.79 Å². The first kappa shape index (κ1) is 16.2. The van der Waals surface area contributed by atoms with E-state index in [1.54, 1.807) is 18.9 Å². The van der Waals surface area contributed by atoms with Crippen molar-refractivity contribution in [2.24, 2.45) is 0 Å². The first-order valence-corrected chi connectivity index (χ1v) is 7.55. The van der Waals surface area contributed by atoms with Gasteiger partial charge in [0, 0.05) is 25.2 Å². The smallest absolute Gasteiger partial charge is 0.285 e. The Morgan fingerprint density at radius 3 is 2.59 bits per heavy atom. The Morgan fingerprint density at radius 2 is 2.00 bits per heavy atom. The molecule has 7 heteroatoms. The lowest BCUT2D eigenvalue weighted by Crippen LogP contribution is -2.43. The number of carbonyl (C=O) groups excluding carboxylic acids is 1. The lowest BCUT2D eigenvalue weighted by molar-refractivity contribution is -0.385. The van der Waals surface area contributed by atoms with Crippen LogP contribution in [0.25, 0.3) is 0 Å². The van der Waals surface area contributed by atoms with Crippen molar-refractivity contribution in [2.45, 2.75) is 51.1 Å². The fraction of sp³-hybridized carbons (Fsp3) is 0.600. The molecule has 0 radical (unpaired) electrons. The summed E-state index contributed by atoms with van der Waals surface area (Å²) in [5, 5.41) is 10.8. The van der Waals surface area contributed by atoms with Crippen LogP contribution in [0.3, 0.4) is 0 Å². The molecule has 0 saturated heterocycles. The quantitative estimate of drug-likeness (QED) is 0.630. The van der Waals surface area contributed by atoms with Crippen LogP contribution in [0.1, 0.15) is 45.1 Å². The molecule has 1 saturated carbocycles. The molecular weight excluding hydrogens is 286 g/mol. The summed E-state index contributed by atoms with van der Waals surface area (Å²) in [6, 6.07) is 1.72. The molecule has 1 atom stereocenters. The van der Waals surface area contributed by atoms with Crippen LogP contribution in [0.15, 0.2) is 23.1 Å². The highest BCUT2D eigenvalue weighted by Crippen LogP contribution is 2.23. The van der Waals surface area contributed by atoms with E-state index >= 15 is 0 Å². The van der Waals surface area contributed by atoms with E-state index in [9.17, 15) is 19.7 Å². The zero-order valence-electron chi connectivity index (χ0n) is 12.9. The molecule has 0 spiro atoms. The maximum Gasteiger partial charge on any atom is 0.285 e. The molecule has 1 heterocycles. The normalized spacial score (nSPS) is 17.0. The predicted molar refractivity (Wildman–Crippen MR) is 81.7 cm³/mol. The zero-order valence-corrected chi connectivity index (χ0v) is 12.9. The number of pyridine rings is 1. The SMILES string of the molecule is C[C@H](C(=O)N(C)C1CCCCC1)n1cc([N+](=O)[O-])ccc1=O. The van der Waals surface area contributed by atoms with E-state index < -0.39 is 16.5 Å². The van der Waals surface area contributed by atoms with E-state index in [4.69, 9.17) is 0 Å². The number of rotatable bonds is 4. The largest absolute Gasteiger partial charge is 0.341 e. The minimum atomic E-state index is -0.751. The van der Waals surface area contributed by atoms with Crippen molar-refractivity contribution in [3.63, 3.8) is 0 Å². The summed E-state index contributed by atoms with van der Waals surface area (Å²) < 4.78 is 1.14. The molecular formula is C15H21N3O4. The van der Waals surface area contributed by atoms with E-state index in [0.29, 0.717) is 0 Å². The van der Waals surface area contributed by atoms with Crippen LogP contribution >= 0.6 is 0 Å². The summed E-state index contributed by atoms with van der Waals surface area (Å²) in [6.07, 6.45) is 6.48. The Kier molecular flexibility index (Phi) is 4.95. The van der Waals surface area contributed by atoms with Crippen molar-refractivity contribution >= 4 is 11.6 Å². The first-order valence-electron chi connectivity index (χ1n) is 7.55. The number of carbonyl (C=O) groups is 1. The Labute approximate surface area is 128 Å². The van der Waals surface area contributed by atoms with Crippen molar-refractivity contribution in [2.75, 3.05) is 7.05 Å². The standard InChI is InChI=1S/C15H21N3O4/c1-11(15(20)16(2)12-6-4-3-5-7-12)17-10-13(18(21)22)8-9-14(17)19/h8-12H,3-7H2,1-2H3/t11-/m1/s1. The van der Waals surface area contributed by atoms with Crippen LogP contribution in [0, 0.1) is 10.1 Å². The van der Waals surface area contributed by atoms with E-state index in [-0.39, 0.29) is 17.6 Å². The van der Waals surface area contributed by atoms with Gasteiger partial charge >= 0.3 is 0 Å². The fourth-order valence-electron chi connectivity index (χ4n) is 2.96. The molecule has 1 aliphatic rings. The molecule has 1 aromatic heterocycles. The summed E-state index contributed by atoms with van der Waals surface area (Å²) in [7, 11) is 1.75. The first-order chi connectivity index (χ1) is 10.4. The van der Waals surface area contributed by atoms with E-state index in [1.807, 2.05) is 0 Å². The average Bonchev–Trinajstić information content (AvgIpc) is 2.53. The van der Waals surface area contributed by atoms with Gasteiger partial charge in [0.15, 0.2) is 0 Å². The topological polar surface area (TPSA) is 85.4 Å². The number of hydrogen-bond donors (Lipinski definition) is 0. The molecule has 0 unspecified atom stereocenters. The molecule has 0 N–H and O–H groups in total. The number of aromatic nitrogens is 1. The Morgan fingerprint density at radius 1 is 1.36 bits per heavy atom. The minimum Gasteiger partial charge on any atom is -0.341 e. The summed E-state index contributed by atoms with van der Waals surface area (Å²) in [4.78, 5) is 36.4. The maximum absolute atomic E-state index is 12.6. The highest BCUT2D eigenvalue weighted by molar-refractivity contribution is 5.80. The molecule has 1 fully saturated rings. The third-order valence-corrected chi connectivity index (χ3v) is 4.38. The Hall–Kier alpha value is -2.18. The van der Waals surface area contributed by atoms with Gasteiger partial charge in [-0.15, -0.1) is 0 Å². The summed E-state index contributed by atoms with van der Waals surface area (Å²) in [5.41, 5.74) is -0.608. The van der Waals surface area contributed by atoms with Crippen molar-refractivity contribution in [3.05, 3.63) is 38.8 Å². The summed E-state index contributed by atoms with van der Waals surface area (Å²) in [6.45, 7) is 1.60. The third-order valence-electron chi connectivity index (χ3n) is 4.38. The number of nitro groups is 1. The Bertz CT molecular complexity index is 619.